The number of hydrogen-bond acceptors (Lipinski definition) is 1. The number of halogens is 6. The van der Waals surface area contributed by atoms with Gasteiger partial charge < -0.3 is 5.32 Å². The van der Waals surface area contributed by atoms with Crippen LogP contribution in [0.25, 0.3) is 0 Å². The third-order valence-electron chi connectivity index (χ3n) is 2.39. The van der Waals surface area contributed by atoms with Crippen LogP contribution in [0.5, 0.6) is 0 Å². The molecule has 0 radical (unpaired) electrons. The molecule has 0 spiro atoms. The van der Waals surface area contributed by atoms with Gasteiger partial charge in [-0.05, 0) is 25.8 Å². The molecule has 0 heterocycles. The molecule has 1 aliphatic rings. The van der Waals surface area contributed by atoms with Crippen molar-refractivity contribution < 1.29 is 26.3 Å². The Labute approximate surface area is 82.8 Å². The molecule has 1 aliphatic carbocycles. The standard InChI is InChI=1S/C8H11F6N/c9-7(10,11)2-1-5-15-6(3-4-6)8(12,13)14/h15H,1-5H2. The highest BCUT2D eigenvalue weighted by Gasteiger charge is 2.62. The van der Waals surface area contributed by atoms with E-state index in [2.05, 4.69) is 5.32 Å². The summed E-state index contributed by atoms with van der Waals surface area (Å²) >= 11 is 0. The second-order valence-corrected chi connectivity index (χ2v) is 3.73. The second-order valence-electron chi connectivity index (χ2n) is 3.73. The first-order valence-electron chi connectivity index (χ1n) is 4.55. The van der Waals surface area contributed by atoms with Crippen molar-refractivity contribution in [1.82, 2.24) is 5.32 Å². The lowest BCUT2D eigenvalue weighted by Gasteiger charge is -2.20. The van der Waals surface area contributed by atoms with Gasteiger partial charge in [-0.25, -0.2) is 0 Å². The highest BCUT2D eigenvalue weighted by Crippen LogP contribution is 2.48. The molecule has 0 aromatic heterocycles. The zero-order valence-corrected chi connectivity index (χ0v) is 7.80. The Balaban J connectivity index is 2.22. The van der Waals surface area contributed by atoms with Crippen molar-refractivity contribution >= 4 is 0 Å². The first-order valence-corrected chi connectivity index (χ1v) is 4.55. The molecule has 1 saturated carbocycles. The first kappa shape index (κ1) is 12.6. The van der Waals surface area contributed by atoms with Gasteiger partial charge in [0.05, 0.1) is 0 Å². The largest absolute Gasteiger partial charge is 0.406 e. The summed E-state index contributed by atoms with van der Waals surface area (Å²) in [5.41, 5.74) is -1.90. The molecule has 0 unspecified atom stereocenters. The van der Waals surface area contributed by atoms with E-state index in [1.54, 1.807) is 0 Å². The summed E-state index contributed by atoms with van der Waals surface area (Å²) in [6.45, 7) is -0.251. The van der Waals surface area contributed by atoms with E-state index < -0.39 is 24.3 Å². The minimum Gasteiger partial charge on any atom is -0.304 e. The van der Waals surface area contributed by atoms with Gasteiger partial charge in [0.25, 0.3) is 0 Å². The van der Waals surface area contributed by atoms with Gasteiger partial charge in [-0.1, -0.05) is 0 Å². The maximum absolute atomic E-state index is 12.3. The van der Waals surface area contributed by atoms with Gasteiger partial charge in [0.2, 0.25) is 0 Å². The molecule has 1 rings (SSSR count). The van der Waals surface area contributed by atoms with Crippen LogP contribution in [-0.4, -0.2) is 24.4 Å². The third kappa shape index (κ3) is 3.55. The van der Waals surface area contributed by atoms with Crippen LogP contribution in [0.15, 0.2) is 0 Å². The van der Waals surface area contributed by atoms with E-state index in [1.807, 2.05) is 0 Å². The van der Waals surface area contributed by atoms with Gasteiger partial charge in [0, 0.05) is 6.42 Å². The third-order valence-corrected chi connectivity index (χ3v) is 2.39. The second kappa shape index (κ2) is 3.84. The molecule has 1 N–H and O–H groups in total. The molecular formula is C8H11F6N. The molecule has 0 aromatic rings. The average molecular weight is 235 g/mol. The van der Waals surface area contributed by atoms with Crippen molar-refractivity contribution in [2.24, 2.45) is 0 Å². The fourth-order valence-electron chi connectivity index (χ4n) is 1.30. The lowest BCUT2D eigenvalue weighted by Crippen LogP contribution is -2.45. The van der Waals surface area contributed by atoms with Crippen molar-refractivity contribution in [3.63, 3.8) is 0 Å². The normalized spacial score (nSPS) is 20.4. The lowest BCUT2D eigenvalue weighted by atomic mass is 10.2. The fourth-order valence-corrected chi connectivity index (χ4v) is 1.30. The van der Waals surface area contributed by atoms with Crippen LogP contribution in [0.4, 0.5) is 26.3 Å². The monoisotopic (exact) mass is 235 g/mol. The maximum Gasteiger partial charge on any atom is 0.406 e. The summed E-state index contributed by atoms with van der Waals surface area (Å²) in [7, 11) is 0. The van der Waals surface area contributed by atoms with E-state index in [1.165, 1.54) is 0 Å². The van der Waals surface area contributed by atoms with E-state index in [0.717, 1.165) is 0 Å². The van der Waals surface area contributed by atoms with Crippen LogP contribution < -0.4 is 5.32 Å². The summed E-state index contributed by atoms with van der Waals surface area (Å²) < 4.78 is 71.8. The molecule has 1 nitrogen and oxygen atoms in total. The molecule has 0 aromatic carbocycles. The molecule has 0 aliphatic heterocycles. The summed E-state index contributed by atoms with van der Waals surface area (Å²) in [6.07, 6.45) is -10.1. The number of nitrogens with one attached hydrogen (secondary N) is 1. The first-order chi connectivity index (χ1) is 6.66. The zero-order valence-electron chi connectivity index (χ0n) is 7.80. The molecule has 0 saturated heterocycles. The maximum atomic E-state index is 12.3. The molecule has 7 heteroatoms. The van der Waals surface area contributed by atoms with Crippen molar-refractivity contribution in [3.05, 3.63) is 0 Å². The van der Waals surface area contributed by atoms with Crippen molar-refractivity contribution in [3.8, 4) is 0 Å². The van der Waals surface area contributed by atoms with E-state index in [9.17, 15) is 26.3 Å². The van der Waals surface area contributed by atoms with Gasteiger partial charge >= 0.3 is 12.4 Å². The van der Waals surface area contributed by atoms with Crippen LogP contribution in [0.3, 0.4) is 0 Å². The highest BCUT2D eigenvalue weighted by atomic mass is 19.4. The van der Waals surface area contributed by atoms with E-state index in [4.69, 9.17) is 0 Å². The van der Waals surface area contributed by atoms with Crippen LogP contribution in [0.2, 0.25) is 0 Å². The molecule has 15 heavy (non-hydrogen) atoms. The van der Waals surface area contributed by atoms with Crippen molar-refractivity contribution in [2.75, 3.05) is 6.54 Å². The Morgan fingerprint density at radius 3 is 1.87 bits per heavy atom. The summed E-state index contributed by atoms with van der Waals surface area (Å²) in [5, 5.41) is 2.16. The number of hydrogen-bond donors (Lipinski definition) is 1. The van der Waals surface area contributed by atoms with Crippen LogP contribution in [-0.2, 0) is 0 Å². The van der Waals surface area contributed by atoms with Gasteiger partial charge in [0.1, 0.15) is 5.54 Å². The SMILES string of the molecule is FC(F)(F)CCCNC1(C(F)(F)F)CC1. The van der Waals surface area contributed by atoms with Crippen LogP contribution in [0, 0.1) is 0 Å². The summed E-state index contributed by atoms with van der Waals surface area (Å²) in [5.74, 6) is 0. The van der Waals surface area contributed by atoms with E-state index in [0.29, 0.717) is 0 Å². The topological polar surface area (TPSA) is 12.0 Å². The smallest absolute Gasteiger partial charge is 0.304 e. The Morgan fingerprint density at radius 2 is 1.53 bits per heavy atom. The van der Waals surface area contributed by atoms with Gasteiger partial charge in [-0.3, -0.25) is 0 Å². The predicted octanol–water partition coefficient (Wildman–Crippen LogP) is 3.01. The Hall–Kier alpha value is -0.460. The van der Waals surface area contributed by atoms with Crippen molar-refractivity contribution in [2.45, 2.75) is 43.6 Å². The minimum atomic E-state index is -4.36. The van der Waals surface area contributed by atoms with E-state index in [-0.39, 0.29) is 25.8 Å². The van der Waals surface area contributed by atoms with Gasteiger partial charge in [0.15, 0.2) is 0 Å². The van der Waals surface area contributed by atoms with Gasteiger partial charge in [-0.15, -0.1) is 0 Å². The quantitative estimate of drug-likeness (QED) is 0.583. The molecule has 0 amide bonds. The molecular weight excluding hydrogens is 224 g/mol. The zero-order chi connectivity index (χ0) is 11.7. The molecule has 90 valence electrons. The number of rotatable bonds is 4. The molecule has 1 fully saturated rings. The Kier molecular flexibility index (Phi) is 3.23. The average Bonchev–Trinajstić information content (AvgIpc) is 2.75. The van der Waals surface area contributed by atoms with Gasteiger partial charge in [-0.2, -0.15) is 26.3 Å². The summed E-state index contributed by atoms with van der Waals surface area (Å²) in [6, 6.07) is 0. The van der Waals surface area contributed by atoms with Crippen LogP contribution in [0.1, 0.15) is 25.7 Å². The fraction of sp³-hybridized carbons (Fsp3) is 1.00. The Morgan fingerprint density at radius 1 is 1.00 bits per heavy atom. The number of alkyl halides is 6. The van der Waals surface area contributed by atoms with E-state index >= 15 is 0 Å². The lowest BCUT2D eigenvalue weighted by molar-refractivity contribution is -0.166. The Bertz CT molecular complexity index is 214. The predicted molar refractivity (Wildman–Crippen MR) is 41.3 cm³/mol. The molecule has 0 atom stereocenters. The highest BCUT2D eigenvalue weighted by molar-refractivity contribution is 5.07. The van der Waals surface area contributed by atoms with Crippen LogP contribution >= 0.6 is 0 Å². The minimum absolute atomic E-state index is 0.0392. The van der Waals surface area contributed by atoms with Crippen molar-refractivity contribution in [1.29, 1.82) is 0 Å². The molecule has 0 bridgehead atoms. The summed E-state index contributed by atoms with van der Waals surface area (Å²) in [4.78, 5) is 0.